The van der Waals surface area contributed by atoms with Gasteiger partial charge in [0.2, 0.25) is 5.91 Å². The minimum Gasteiger partial charge on any atom is -0.495 e. The van der Waals surface area contributed by atoms with Gasteiger partial charge in [-0.1, -0.05) is 37.5 Å². The third-order valence-electron chi connectivity index (χ3n) is 6.58. The van der Waals surface area contributed by atoms with Crippen LogP contribution in [0.15, 0.2) is 48.7 Å². The zero-order valence-corrected chi connectivity index (χ0v) is 18.6. The zero-order chi connectivity index (χ0) is 21.5. The van der Waals surface area contributed by atoms with E-state index < -0.39 is 0 Å². The number of pyridine rings is 1. The predicted octanol–water partition coefficient (Wildman–Crippen LogP) is 3.83. The lowest BCUT2D eigenvalue weighted by Crippen LogP contribution is -2.50. The van der Waals surface area contributed by atoms with Crippen molar-refractivity contribution in [3.8, 4) is 5.75 Å². The van der Waals surface area contributed by atoms with E-state index in [0.29, 0.717) is 6.54 Å². The molecule has 2 heterocycles. The molecule has 0 N–H and O–H groups in total. The number of carbonyl (C=O) groups is 1. The number of piperazine rings is 1. The van der Waals surface area contributed by atoms with E-state index in [9.17, 15) is 4.79 Å². The van der Waals surface area contributed by atoms with Gasteiger partial charge >= 0.3 is 0 Å². The highest BCUT2D eigenvalue weighted by atomic mass is 16.5. The summed E-state index contributed by atoms with van der Waals surface area (Å²) in [6.45, 7) is 5.44. The number of rotatable bonds is 7. The summed E-state index contributed by atoms with van der Waals surface area (Å²) in [5, 5.41) is 0. The van der Waals surface area contributed by atoms with Crippen molar-refractivity contribution < 1.29 is 9.53 Å². The largest absolute Gasteiger partial charge is 0.495 e. The van der Waals surface area contributed by atoms with Gasteiger partial charge in [-0.25, -0.2) is 4.98 Å². The summed E-state index contributed by atoms with van der Waals surface area (Å²) in [6, 6.07) is 14.0. The van der Waals surface area contributed by atoms with Crippen LogP contribution in [0.4, 0.5) is 11.5 Å². The minimum atomic E-state index is 0.151. The number of anilines is 2. The Kier molecular flexibility index (Phi) is 7.41. The molecule has 31 heavy (non-hydrogen) atoms. The van der Waals surface area contributed by atoms with E-state index in [2.05, 4.69) is 26.9 Å². The van der Waals surface area contributed by atoms with Crippen molar-refractivity contribution in [3.63, 3.8) is 0 Å². The Morgan fingerprint density at radius 2 is 1.77 bits per heavy atom. The molecule has 1 aromatic heterocycles. The molecule has 1 aromatic carbocycles. The molecule has 0 bridgehead atoms. The van der Waals surface area contributed by atoms with E-state index in [4.69, 9.17) is 4.74 Å². The molecule has 0 radical (unpaired) electrons. The van der Waals surface area contributed by atoms with E-state index in [-0.39, 0.29) is 11.8 Å². The quantitative estimate of drug-likeness (QED) is 0.680. The molecule has 1 amide bonds. The van der Waals surface area contributed by atoms with Gasteiger partial charge in [-0.05, 0) is 37.1 Å². The fourth-order valence-electron chi connectivity index (χ4n) is 4.77. The summed E-state index contributed by atoms with van der Waals surface area (Å²) < 4.78 is 5.53. The van der Waals surface area contributed by atoms with Crippen LogP contribution >= 0.6 is 0 Å². The van der Waals surface area contributed by atoms with Gasteiger partial charge in [0.25, 0.3) is 0 Å². The zero-order valence-electron chi connectivity index (χ0n) is 18.6. The number of methoxy groups -OCH3 is 1. The van der Waals surface area contributed by atoms with Gasteiger partial charge < -0.3 is 9.64 Å². The van der Waals surface area contributed by atoms with Crippen LogP contribution in [0.3, 0.4) is 0 Å². The Hall–Kier alpha value is -2.60. The monoisotopic (exact) mass is 421 g/mol. The Bertz CT molecular complexity index is 830. The van der Waals surface area contributed by atoms with E-state index in [0.717, 1.165) is 75.7 Å². The molecule has 2 aromatic rings. The summed E-state index contributed by atoms with van der Waals surface area (Å²) in [6.07, 6.45) is 7.39. The van der Waals surface area contributed by atoms with E-state index >= 15 is 0 Å². The van der Waals surface area contributed by atoms with Crippen molar-refractivity contribution in [2.45, 2.75) is 32.1 Å². The third-order valence-corrected chi connectivity index (χ3v) is 6.58. The lowest BCUT2D eigenvalue weighted by molar-refractivity contribution is -0.123. The molecular weight excluding hydrogens is 387 g/mol. The Morgan fingerprint density at radius 3 is 2.48 bits per heavy atom. The lowest BCUT2D eigenvalue weighted by atomic mass is 9.70. The van der Waals surface area contributed by atoms with Crippen LogP contribution in [0.5, 0.6) is 5.75 Å². The topological polar surface area (TPSA) is 48.9 Å². The molecule has 2 fully saturated rings. The van der Waals surface area contributed by atoms with Crippen molar-refractivity contribution in [3.05, 3.63) is 48.7 Å². The number of nitrogens with zero attached hydrogens (tertiary/aromatic N) is 4. The van der Waals surface area contributed by atoms with Crippen LogP contribution in [0.1, 0.15) is 32.1 Å². The van der Waals surface area contributed by atoms with Gasteiger partial charge in [0.15, 0.2) is 0 Å². The first-order valence-electron chi connectivity index (χ1n) is 11.6. The molecular formula is C25H34N4O2. The highest BCUT2D eigenvalue weighted by molar-refractivity contribution is 5.94. The average molecular weight is 422 g/mol. The lowest BCUT2D eigenvalue weighted by Gasteiger charge is -2.37. The van der Waals surface area contributed by atoms with Crippen molar-refractivity contribution >= 4 is 17.4 Å². The molecule has 0 spiro atoms. The number of hydrogen-bond acceptors (Lipinski definition) is 5. The van der Waals surface area contributed by atoms with Gasteiger partial charge in [0.1, 0.15) is 11.6 Å². The number of aromatic nitrogens is 1. The maximum absolute atomic E-state index is 13.3. The van der Waals surface area contributed by atoms with Crippen molar-refractivity contribution in [1.82, 2.24) is 9.88 Å². The molecule has 2 aliphatic rings. The summed E-state index contributed by atoms with van der Waals surface area (Å²) >= 11 is 0. The smallest absolute Gasteiger partial charge is 0.231 e. The highest BCUT2D eigenvalue weighted by Gasteiger charge is 2.28. The normalized spacial score (nSPS) is 18.0. The molecule has 166 valence electrons. The Labute approximate surface area is 185 Å². The Balaban J connectivity index is 1.36. The van der Waals surface area contributed by atoms with Crippen LogP contribution < -0.4 is 14.5 Å². The maximum atomic E-state index is 13.3. The molecule has 1 aliphatic heterocycles. The molecule has 6 nitrogen and oxygen atoms in total. The van der Waals surface area contributed by atoms with Crippen LogP contribution in [0.2, 0.25) is 0 Å². The number of amides is 1. The first kappa shape index (κ1) is 21.6. The van der Waals surface area contributed by atoms with Gasteiger partial charge in [-0.15, -0.1) is 0 Å². The maximum Gasteiger partial charge on any atom is 0.231 e. The Morgan fingerprint density at radius 1 is 1.03 bits per heavy atom. The molecule has 4 rings (SSSR count). The number of hydrogen-bond donors (Lipinski definition) is 0. The van der Waals surface area contributed by atoms with Crippen molar-refractivity contribution in [1.29, 1.82) is 0 Å². The number of benzene rings is 1. The summed E-state index contributed by atoms with van der Waals surface area (Å²) in [5.41, 5.74) is 1.16. The van der Waals surface area contributed by atoms with Gasteiger partial charge in [-0.2, -0.15) is 0 Å². The summed E-state index contributed by atoms with van der Waals surface area (Å²) in [7, 11) is 1.73. The van der Waals surface area contributed by atoms with Crippen LogP contribution in [0, 0.1) is 5.92 Å². The molecule has 6 heteroatoms. The highest BCUT2D eigenvalue weighted by Crippen LogP contribution is 2.29. The number of para-hydroxylation sites is 2. The molecule has 1 saturated heterocycles. The second-order valence-corrected chi connectivity index (χ2v) is 8.51. The SMILES string of the molecule is COc1ccccc1N1CCN(CCN(c2ccccn2)[11C](=O)C2CCCCC2)CC1. The number of carbonyl (C=O) groups excluding carboxylic acids is 1. The van der Waals surface area contributed by atoms with Gasteiger partial charge in [0.05, 0.1) is 12.8 Å². The number of ether oxygens (including phenoxy) is 1. The van der Waals surface area contributed by atoms with E-state index in [1.807, 2.05) is 35.2 Å². The second-order valence-electron chi connectivity index (χ2n) is 8.51. The molecule has 0 atom stereocenters. The first-order valence-corrected chi connectivity index (χ1v) is 11.6. The van der Waals surface area contributed by atoms with Crippen molar-refractivity contribution in [2.75, 3.05) is 56.2 Å². The summed E-state index contributed by atoms with van der Waals surface area (Å²) in [4.78, 5) is 24.6. The third kappa shape index (κ3) is 5.37. The van der Waals surface area contributed by atoms with E-state index in [1.165, 1.54) is 6.42 Å². The molecule has 1 aliphatic carbocycles. The first-order chi connectivity index (χ1) is 15.3. The fourth-order valence-corrected chi connectivity index (χ4v) is 4.77. The predicted molar refractivity (Wildman–Crippen MR) is 125 cm³/mol. The minimum absolute atomic E-state index is 0.151. The fraction of sp³-hybridized carbons (Fsp3) is 0.520. The second kappa shape index (κ2) is 10.6. The van der Waals surface area contributed by atoms with Gasteiger partial charge in [0, 0.05) is 51.4 Å². The molecule has 0 unspecified atom stereocenters. The molecule has 1 saturated carbocycles. The average Bonchev–Trinajstić information content (AvgIpc) is 2.85. The van der Waals surface area contributed by atoms with Crippen LogP contribution in [-0.4, -0.2) is 62.2 Å². The van der Waals surface area contributed by atoms with Crippen LogP contribution in [-0.2, 0) is 4.79 Å². The summed E-state index contributed by atoms with van der Waals surface area (Å²) in [5.74, 6) is 2.12. The van der Waals surface area contributed by atoms with E-state index in [1.54, 1.807) is 13.3 Å². The standard InChI is InChI=1S/C25H34N4O2/c1-31-23-12-6-5-11-22(23)28-18-15-27(16-19-28)17-20-29(24-13-7-8-14-26-24)25(30)21-9-3-2-4-10-21/h5-8,11-14,21H,2-4,9-10,15-20H2,1H3/i25-1. The van der Waals surface area contributed by atoms with Crippen LogP contribution in [0.25, 0.3) is 0 Å². The van der Waals surface area contributed by atoms with Gasteiger partial charge in [-0.3, -0.25) is 14.6 Å². The van der Waals surface area contributed by atoms with Crippen molar-refractivity contribution in [2.24, 2.45) is 5.92 Å².